The third-order valence-electron chi connectivity index (χ3n) is 2.19. The Morgan fingerprint density at radius 2 is 2.18 bits per heavy atom. The monoisotopic (exact) mass is 234 g/mol. The second kappa shape index (κ2) is 4.25. The van der Waals surface area contributed by atoms with Crippen LogP contribution in [0.4, 0.5) is 11.4 Å². The maximum absolute atomic E-state index is 11.2. The molecule has 0 bridgehead atoms. The molecule has 2 rings (SSSR count). The van der Waals surface area contributed by atoms with Crippen LogP contribution in [0.15, 0.2) is 18.2 Å². The molecule has 6 heteroatoms. The summed E-state index contributed by atoms with van der Waals surface area (Å²) in [4.78, 5) is 33.0. The predicted molar refractivity (Wildman–Crippen MR) is 59.9 cm³/mol. The molecule has 1 aliphatic rings. The normalized spacial score (nSPS) is 13.1. The van der Waals surface area contributed by atoms with Gasteiger partial charge in [0.15, 0.2) is 6.61 Å². The SMILES string of the molecule is CC(=O)C(=O)Nc1ccc2c(c1)NC(=O)CO2. The fourth-order valence-corrected chi connectivity index (χ4v) is 1.38. The summed E-state index contributed by atoms with van der Waals surface area (Å²) in [5, 5.41) is 5.01. The van der Waals surface area contributed by atoms with Crippen LogP contribution in [0, 0.1) is 0 Å². The minimum atomic E-state index is -0.701. The lowest BCUT2D eigenvalue weighted by atomic mass is 10.2. The van der Waals surface area contributed by atoms with E-state index in [0.29, 0.717) is 17.1 Å². The van der Waals surface area contributed by atoms with E-state index in [1.54, 1.807) is 12.1 Å². The molecule has 0 aliphatic carbocycles. The minimum Gasteiger partial charge on any atom is -0.482 e. The summed E-state index contributed by atoms with van der Waals surface area (Å²) < 4.78 is 5.15. The molecule has 0 saturated heterocycles. The number of hydrogen-bond donors (Lipinski definition) is 2. The van der Waals surface area contributed by atoms with Crippen molar-refractivity contribution in [3.63, 3.8) is 0 Å². The number of nitrogens with one attached hydrogen (secondary N) is 2. The zero-order chi connectivity index (χ0) is 12.4. The molecule has 1 heterocycles. The van der Waals surface area contributed by atoms with Crippen molar-refractivity contribution in [1.29, 1.82) is 0 Å². The van der Waals surface area contributed by atoms with E-state index in [0.717, 1.165) is 0 Å². The molecule has 6 nitrogen and oxygen atoms in total. The molecule has 0 atom stereocenters. The molecule has 0 saturated carbocycles. The number of anilines is 2. The first-order chi connectivity index (χ1) is 8.06. The van der Waals surface area contributed by atoms with Gasteiger partial charge >= 0.3 is 0 Å². The number of carbonyl (C=O) groups excluding carboxylic acids is 3. The lowest BCUT2D eigenvalue weighted by Crippen LogP contribution is -2.25. The molecule has 1 aromatic carbocycles. The van der Waals surface area contributed by atoms with Crippen LogP contribution in [0.25, 0.3) is 0 Å². The number of benzene rings is 1. The van der Waals surface area contributed by atoms with Gasteiger partial charge in [-0.15, -0.1) is 0 Å². The van der Waals surface area contributed by atoms with Gasteiger partial charge in [0.05, 0.1) is 5.69 Å². The molecule has 0 spiro atoms. The Labute approximate surface area is 96.9 Å². The number of rotatable bonds is 2. The molecule has 0 radical (unpaired) electrons. The third kappa shape index (κ3) is 2.41. The van der Waals surface area contributed by atoms with Crippen LogP contribution in [0.3, 0.4) is 0 Å². The number of hydrogen-bond acceptors (Lipinski definition) is 4. The highest BCUT2D eigenvalue weighted by molar-refractivity contribution is 6.39. The van der Waals surface area contributed by atoms with Crippen molar-refractivity contribution in [2.24, 2.45) is 0 Å². The van der Waals surface area contributed by atoms with E-state index in [-0.39, 0.29) is 12.5 Å². The molecule has 17 heavy (non-hydrogen) atoms. The van der Waals surface area contributed by atoms with Gasteiger partial charge in [0.2, 0.25) is 5.78 Å². The Kier molecular flexibility index (Phi) is 2.78. The van der Waals surface area contributed by atoms with E-state index >= 15 is 0 Å². The van der Waals surface area contributed by atoms with Gasteiger partial charge in [-0.1, -0.05) is 0 Å². The highest BCUT2D eigenvalue weighted by Gasteiger charge is 2.16. The van der Waals surface area contributed by atoms with Crippen LogP contribution in [0.5, 0.6) is 5.75 Å². The standard InChI is InChI=1S/C11H10N2O4/c1-6(14)11(16)12-7-2-3-9-8(4-7)13-10(15)5-17-9/h2-4H,5H2,1H3,(H,12,16)(H,13,15). The first-order valence-electron chi connectivity index (χ1n) is 4.95. The van der Waals surface area contributed by atoms with Crippen LogP contribution in [-0.4, -0.2) is 24.2 Å². The number of ether oxygens (including phenoxy) is 1. The van der Waals surface area contributed by atoms with Crippen molar-refractivity contribution in [1.82, 2.24) is 0 Å². The molecule has 0 fully saturated rings. The zero-order valence-corrected chi connectivity index (χ0v) is 9.07. The number of carbonyl (C=O) groups is 3. The number of fused-ring (bicyclic) bond motifs is 1. The zero-order valence-electron chi connectivity index (χ0n) is 9.07. The Morgan fingerprint density at radius 3 is 2.88 bits per heavy atom. The molecular weight excluding hydrogens is 224 g/mol. The summed E-state index contributed by atoms with van der Waals surface area (Å²) in [5.41, 5.74) is 0.900. The van der Waals surface area contributed by atoms with Gasteiger partial charge in [0.1, 0.15) is 5.75 Å². The van der Waals surface area contributed by atoms with Gasteiger partial charge < -0.3 is 15.4 Å². The van der Waals surface area contributed by atoms with Gasteiger partial charge in [-0.3, -0.25) is 14.4 Å². The molecule has 1 aromatic rings. The molecule has 0 aromatic heterocycles. The van der Waals surface area contributed by atoms with E-state index in [2.05, 4.69) is 10.6 Å². The molecule has 2 N–H and O–H groups in total. The Morgan fingerprint density at radius 1 is 1.41 bits per heavy atom. The smallest absolute Gasteiger partial charge is 0.291 e. The number of ketones is 1. The van der Waals surface area contributed by atoms with E-state index in [1.807, 2.05) is 0 Å². The number of Topliss-reactive ketones (excluding diaryl/α,β-unsaturated/α-hetero) is 1. The first kappa shape index (κ1) is 11.1. The van der Waals surface area contributed by atoms with Crippen molar-refractivity contribution in [3.8, 4) is 5.75 Å². The van der Waals surface area contributed by atoms with Gasteiger partial charge in [-0.2, -0.15) is 0 Å². The van der Waals surface area contributed by atoms with Crippen molar-refractivity contribution in [2.75, 3.05) is 17.2 Å². The molecular formula is C11H10N2O4. The van der Waals surface area contributed by atoms with Crippen molar-refractivity contribution >= 4 is 29.0 Å². The summed E-state index contributed by atoms with van der Waals surface area (Å²) in [6, 6.07) is 4.74. The second-order valence-corrected chi connectivity index (χ2v) is 3.56. The Balaban J connectivity index is 2.21. The van der Waals surface area contributed by atoms with Crippen LogP contribution in [0.2, 0.25) is 0 Å². The van der Waals surface area contributed by atoms with E-state index < -0.39 is 11.7 Å². The average Bonchev–Trinajstić information content (AvgIpc) is 2.28. The molecule has 0 unspecified atom stereocenters. The second-order valence-electron chi connectivity index (χ2n) is 3.56. The summed E-state index contributed by atoms with van der Waals surface area (Å²) in [7, 11) is 0. The van der Waals surface area contributed by atoms with Crippen LogP contribution in [-0.2, 0) is 14.4 Å². The van der Waals surface area contributed by atoms with E-state index in [9.17, 15) is 14.4 Å². The molecule has 88 valence electrons. The summed E-state index contributed by atoms with van der Waals surface area (Å²) in [6.45, 7) is 1.16. The summed E-state index contributed by atoms with van der Waals surface area (Å²) in [6.07, 6.45) is 0. The largest absolute Gasteiger partial charge is 0.482 e. The quantitative estimate of drug-likeness (QED) is 0.731. The lowest BCUT2D eigenvalue weighted by molar-refractivity contribution is -0.133. The van der Waals surface area contributed by atoms with Crippen LogP contribution < -0.4 is 15.4 Å². The topological polar surface area (TPSA) is 84.5 Å². The highest BCUT2D eigenvalue weighted by atomic mass is 16.5. The van der Waals surface area contributed by atoms with Crippen molar-refractivity contribution < 1.29 is 19.1 Å². The summed E-state index contributed by atoms with van der Waals surface area (Å²) >= 11 is 0. The van der Waals surface area contributed by atoms with E-state index in [1.165, 1.54) is 13.0 Å². The summed E-state index contributed by atoms with van der Waals surface area (Å²) in [5.74, 6) is -1.01. The molecule has 1 aliphatic heterocycles. The fourth-order valence-electron chi connectivity index (χ4n) is 1.38. The minimum absolute atomic E-state index is 0.0217. The fraction of sp³-hybridized carbons (Fsp3) is 0.182. The lowest BCUT2D eigenvalue weighted by Gasteiger charge is -2.18. The number of amides is 2. The molecule has 2 amide bonds. The third-order valence-corrected chi connectivity index (χ3v) is 2.19. The van der Waals surface area contributed by atoms with Gasteiger partial charge in [0.25, 0.3) is 11.8 Å². The maximum Gasteiger partial charge on any atom is 0.291 e. The Bertz CT molecular complexity index is 510. The Hall–Kier alpha value is -2.37. The van der Waals surface area contributed by atoms with Crippen LogP contribution >= 0.6 is 0 Å². The van der Waals surface area contributed by atoms with Crippen molar-refractivity contribution in [3.05, 3.63) is 18.2 Å². The van der Waals surface area contributed by atoms with Gasteiger partial charge in [-0.25, -0.2) is 0 Å². The maximum atomic E-state index is 11.2. The van der Waals surface area contributed by atoms with Gasteiger partial charge in [-0.05, 0) is 18.2 Å². The van der Waals surface area contributed by atoms with Crippen molar-refractivity contribution in [2.45, 2.75) is 6.92 Å². The first-order valence-corrected chi connectivity index (χ1v) is 4.95. The highest BCUT2D eigenvalue weighted by Crippen LogP contribution is 2.30. The average molecular weight is 234 g/mol. The van der Waals surface area contributed by atoms with Gasteiger partial charge in [0, 0.05) is 12.6 Å². The van der Waals surface area contributed by atoms with E-state index in [4.69, 9.17) is 4.74 Å². The van der Waals surface area contributed by atoms with Crippen LogP contribution in [0.1, 0.15) is 6.92 Å². The predicted octanol–water partition coefficient (Wildman–Crippen LogP) is 0.545.